The van der Waals surface area contributed by atoms with E-state index in [-0.39, 0.29) is 11.8 Å². The first kappa shape index (κ1) is 16.8. The van der Waals surface area contributed by atoms with Gasteiger partial charge in [0.05, 0.1) is 12.0 Å². The summed E-state index contributed by atoms with van der Waals surface area (Å²) in [5, 5.41) is 19.9. The third kappa shape index (κ3) is 2.17. The van der Waals surface area contributed by atoms with Crippen LogP contribution < -0.4 is 0 Å². The highest BCUT2D eigenvalue weighted by atomic mass is 16.7. The minimum Gasteiger partial charge on any atom is -0.480 e. The Bertz CT molecular complexity index is 579. The number of carboxylic acids is 2. The fraction of sp³-hybridized carbons (Fsp3) is 0.833. The van der Waals surface area contributed by atoms with Gasteiger partial charge in [0, 0.05) is 6.42 Å². The number of esters is 1. The van der Waals surface area contributed by atoms with E-state index in [1.54, 1.807) is 0 Å². The first-order valence-electron chi connectivity index (χ1n) is 9.19. The van der Waals surface area contributed by atoms with Gasteiger partial charge in [0.25, 0.3) is 0 Å². The summed E-state index contributed by atoms with van der Waals surface area (Å²) < 4.78 is 11.0. The Hall–Kier alpha value is -1.63. The lowest BCUT2D eigenvalue weighted by molar-refractivity contribution is -0.240. The maximum absolute atomic E-state index is 13.2. The van der Waals surface area contributed by atoms with E-state index in [0.29, 0.717) is 38.7 Å². The minimum absolute atomic E-state index is 0.212. The Balaban J connectivity index is 1.73. The predicted molar refractivity (Wildman–Crippen MR) is 83.4 cm³/mol. The highest BCUT2D eigenvalue weighted by molar-refractivity contribution is 6.05. The Morgan fingerprint density at radius 2 is 1.60 bits per heavy atom. The van der Waals surface area contributed by atoms with E-state index in [9.17, 15) is 24.6 Å². The Labute approximate surface area is 145 Å². The molecule has 0 aromatic carbocycles. The predicted octanol–water partition coefficient (Wildman–Crippen LogP) is 2.04. The second kappa shape index (κ2) is 5.69. The van der Waals surface area contributed by atoms with Crippen molar-refractivity contribution in [1.29, 1.82) is 0 Å². The number of carbonyl (C=O) groups is 3. The quantitative estimate of drug-likeness (QED) is 0.588. The van der Waals surface area contributed by atoms with Crippen molar-refractivity contribution >= 4 is 17.9 Å². The number of carbonyl (C=O) groups excluding carboxylic acids is 1. The minimum atomic E-state index is -2.08. The van der Waals surface area contributed by atoms with Crippen molar-refractivity contribution in [3.63, 3.8) is 0 Å². The second-order valence-electron chi connectivity index (χ2n) is 8.25. The van der Waals surface area contributed by atoms with Crippen LogP contribution in [0, 0.1) is 28.6 Å². The number of ether oxygens (including phenoxy) is 2. The van der Waals surface area contributed by atoms with Crippen LogP contribution in [0.25, 0.3) is 0 Å². The van der Waals surface area contributed by atoms with Gasteiger partial charge in [-0.15, -0.1) is 0 Å². The molecule has 5 rings (SSSR count). The normalized spacial score (nSPS) is 41.3. The molecule has 0 aromatic rings. The van der Waals surface area contributed by atoms with E-state index < -0.39 is 40.9 Å². The van der Waals surface area contributed by atoms with Crippen LogP contribution in [-0.4, -0.2) is 41.0 Å². The first-order valence-corrected chi connectivity index (χ1v) is 9.19. The highest BCUT2D eigenvalue weighted by Gasteiger charge is 2.76. The van der Waals surface area contributed by atoms with Crippen LogP contribution >= 0.6 is 0 Å². The molecule has 7 heteroatoms. The van der Waals surface area contributed by atoms with Gasteiger partial charge >= 0.3 is 17.9 Å². The number of aliphatic carboxylic acids is 2. The van der Waals surface area contributed by atoms with E-state index >= 15 is 0 Å². The fourth-order valence-corrected chi connectivity index (χ4v) is 6.25. The molecule has 25 heavy (non-hydrogen) atoms. The maximum Gasteiger partial charge on any atom is 0.322 e. The van der Waals surface area contributed by atoms with Crippen LogP contribution in [0.2, 0.25) is 0 Å². The monoisotopic (exact) mass is 352 g/mol. The van der Waals surface area contributed by atoms with Gasteiger partial charge in [0.1, 0.15) is 0 Å². The van der Waals surface area contributed by atoms with Gasteiger partial charge in [-0.05, 0) is 62.7 Å². The van der Waals surface area contributed by atoms with Gasteiger partial charge in [0.2, 0.25) is 6.29 Å². The molecule has 0 radical (unpaired) electrons. The van der Waals surface area contributed by atoms with Crippen molar-refractivity contribution in [1.82, 2.24) is 0 Å². The largest absolute Gasteiger partial charge is 0.480 e. The number of hydrogen-bond donors (Lipinski definition) is 2. The summed E-state index contributed by atoms with van der Waals surface area (Å²) in [6.07, 6.45) is 4.37. The van der Waals surface area contributed by atoms with Crippen molar-refractivity contribution in [2.24, 2.45) is 28.6 Å². The molecule has 0 amide bonds. The molecule has 4 aliphatic carbocycles. The van der Waals surface area contributed by atoms with E-state index in [0.717, 1.165) is 19.3 Å². The molecule has 0 aromatic heterocycles. The van der Waals surface area contributed by atoms with Crippen LogP contribution in [0.1, 0.15) is 51.4 Å². The molecule has 2 N–H and O–H groups in total. The van der Waals surface area contributed by atoms with E-state index in [4.69, 9.17) is 9.47 Å². The fourth-order valence-electron chi connectivity index (χ4n) is 6.25. The van der Waals surface area contributed by atoms with Gasteiger partial charge < -0.3 is 19.7 Å². The molecule has 1 saturated heterocycles. The molecule has 5 fully saturated rings. The van der Waals surface area contributed by atoms with Crippen LogP contribution in [0.5, 0.6) is 0 Å². The Morgan fingerprint density at radius 1 is 0.960 bits per heavy atom. The van der Waals surface area contributed by atoms with Crippen LogP contribution in [-0.2, 0) is 23.9 Å². The third-order valence-electron chi connectivity index (χ3n) is 6.99. The Kier molecular flexibility index (Phi) is 3.83. The summed E-state index contributed by atoms with van der Waals surface area (Å²) in [7, 11) is 0. The topological polar surface area (TPSA) is 110 Å². The molecule has 1 aliphatic heterocycles. The SMILES string of the molecule is O=C(OC1CCCCO1)C12CC3CC(CC(C3)C1(C(=O)O)C(=O)O)C2. The van der Waals surface area contributed by atoms with Gasteiger partial charge in [-0.1, -0.05) is 0 Å². The molecule has 4 bridgehead atoms. The van der Waals surface area contributed by atoms with Gasteiger partial charge in [-0.25, -0.2) is 0 Å². The van der Waals surface area contributed by atoms with Crippen molar-refractivity contribution in [2.75, 3.05) is 6.61 Å². The molecular weight excluding hydrogens is 328 g/mol. The maximum atomic E-state index is 13.2. The summed E-state index contributed by atoms with van der Waals surface area (Å²) in [5.41, 5.74) is -3.55. The van der Waals surface area contributed by atoms with Crippen LogP contribution in [0.4, 0.5) is 0 Å². The van der Waals surface area contributed by atoms with Gasteiger partial charge in [-0.2, -0.15) is 0 Å². The van der Waals surface area contributed by atoms with Crippen molar-refractivity contribution in [2.45, 2.75) is 57.7 Å². The average molecular weight is 352 g/mol. The van der Waals surface area contributed by atoms with Gasteiger partial charge in [-0.3, -0.25) is 14.4 Å². The lowest BCUT2D eigenvalue weighted by Crippen LogP contribution is -2.69. The molecule has 138 valence electrons. The Morgan fingerprint density at radius 3 is 2.12 bits per heavy atom. The summed E-state index contributed by atoms with van der Waals surface area (Å²) in [6, 6.07) is 0. The second-order valence-corrected chi connectivity index (χ2v) is 8.25. The van der Waals surface area contributed by atoms with E-state index in [1.807, 2.05) is 0 Å². The molecule has 4 saturated carbocycles. The molecule has 3 unspecified atom stereocenters. The standard InChI is InChI=1S/C18H24O7/c19-14(20)18(15(21)22)12-6-10-5-11(7-12)9-17(18,8-10)16(23)25-13-3-1-2-4-24-13/h10-13H,1-9H2,(H,19,20)(H,21,22). The summed E-state index contributed by atoms with van der Waals surface area (Å²) in [6.45, 7) is 0.502. The molecule has 3 atom stereocenters. The first-order chi connectivity index (χ1) is 11.9. The third-order valence-corrected chi connectivity index (χ3v) is 6.99. The van der Waals surface area contributed by atoms with Crippen molar-refractivity contribution in [3.8, 4) is 0 Å². The summed E-state index contributed by atoms with van der Waals surface area (Å²) in [4.78, 5) is 37.6. The number of rotatable bonds is 4. The zero-order valence-electron chi connectivity index (χ0n) is 14.1. The van der Waals surface area contributed by atoms with Crippen molar-refractivity contribution in [3.05, 3.63) is 0 Å². The van der Waals surface area contributed by atoms with Crippen molar-refractivity contribution < 1.29 is 34.1 Å². The summed E-state index contributed by atoms with van der Waals surface area (Å²) >= 11 is 0. The highest BCUT2D eigenvalue weighted by Crippen LogP contribution is 2.69. The number of hydrogen-bond acceptors (Lipinski definition) is 5. The van der Waals surface area contributed by atoms with Gasteiger partial charge in [0.15, 0.2) is 5.41 Å². The molecule has 7 nitrogen and oxygen atoms in total. The molecular formula is C18H24O7. The lowest BCUT2D eigenvalue weighted by Gasteiger charge is -2.62. The lowest BCUT2D eigenvalue weighted by atomic mass is 9.38. The van der Waals surface area contributed by atoms with Crippen LogP contribution in [0.15, 0.2) is 0 Å². The van der Waals surface area contributed by atoms with E-state index in [2.05, 4.69) is 0 Å². The smallest absolute Gasteiger partial charge is 0.322 e. The van der Waals surface area contributed by atoms with E-state index in [1.165, 1.54) is 0 Å². The number of carboxylic acid groups (broad SMARTS) is 2. The molecule has 0 spiro atoms. The summed E-state index contributed by atoms with van der Waals surface area (Å²) in [5.74, 6) is -3.55. The molecule has 1 heterocycles. The zero-order chi connectivity index (χ0) is 17.8. The van der Waals surface area contributed by atoms with Crippen LogP contribution in [0.3, 0.4) is 0 Å². The zero-order valence-corrected chi connectivity index (χ0v) is 14.1. The average Bonchev–Trinajstić information content (AvgIpc) is 2.54. The molecule has 5 aliphatic rings.